The summed E-state index contributed by atoms with van der Waals surface area (Å²) in [5.41, 5.74) is 2.93. The van der Waals surface area contributed by atoms with E-state index in [9.17, 15) is 4.79 Å². The summed E-state index contributed by atoms with van der Waals surface area (Å²) in [6.45, 7) is 0. The average molecular weight is 386 g/mol. The Morgan fingerprint density at radius 3 is 2.88 bits per heavy atom. The number of halogens is 1. The van der Waals surface area contributed by atoms with Gasteiger partial charge in [-0.2, -0.15) is 16.9 Å². The number of nitrogens with one attached hydrogen (secondary N) is 2. The van der Waals surface area contributed by atoms with Crippen molar-refractivity contribution in [3.8, 4) is 0 Å². The van der Waals surface area contributed by atoms with Gasteiger partial charge in [0.1, 0.15) is 6.04 Å². The van der Waals surface area contributed by atoms with Crippen molar-refractivity contribution >= 4 is 45.9 Å². The van der Waals surface area contributed by atoms with Crippen LogP contribution in [0, 0.1) is 5.75 Å². The summed E-state index contributed by atoms with van der Waals surface area (Å²) in [7, 11) is 1.80. The Balaban J connectivity index is 1.50. The molecule has 2 aromatic carbocycles. The van der Waals surface area contributed by atoms with E-state index in [2.05, 4.69) is 15.5 Å². The van der Waals surface area contributed by atoms with E-state index in [0.717, 1.165) is 27.9 Å². The quantitative estimate of drug-likeness (QED) is 0.720. The zero-order valence-corrected chi connectivity index (χ0v) is 15.7. The van der Waals surface area contributed by atoms with E-state index in [4.69, 9.17) is 11.6 Å². The molecule has 0 spiro atoms. The van der Waals surface area contributed by atoms with Gasteiger partial charge in [0.05, 0.1) is 11.7 Å². The molecule has 1 aromatic heterocycles. The van der Waals surface area contributed by atoms with Crippen molar-refractivity contribution in [1.82, 2.24) is 15.5 Å². The first-order chi connectivity index (χ1) is 12.6. The van der Waals surface area contributed by atoms with Crippen LogP contribution in [0.2, 0.25) is 5.02 Å². The summed E-state index contributed by atoms with van der Waals surface area (Å²) < 4.78 is 0. The van der Waals surface area contributed by atoms with Crippen LogP contribution in [0.3, 0.4) is 0 Å². The highest BCUT2D eigenvalue weighted by Crippen LogP contribution is 2.29. The molecular formula is C19H18ClN4OS. The molecule has 1 aliphatic rings. The predicted octanol–water partition coefficient (Wildman–Crippen LogP) is 3.79. The number of carbonyl (C=O) groups excluding carboxylic acids is 1. The van der Waals surface area contributed by atoms with Crippen LogP contribution in [0.4, 0.5) is 5.69 Å². The first kappa shape index (κ1) is 17.4. The zero-order chi connectivity index (χ0) is 18.1. The number of benzene rings is 2. The Hall–Kier alpha value is -2.02. The molecule has 1 fully saturated rings. The largest absolute Gasteiger partial charge is 0.314 e. The van der Waals surface area contributed by atoms with Crippen LogP contribution in [0.15, 0.2) is 48.7 Å². The van der Waals surface area contributed by atoms with Gasteiger partial charge in [0.2, 0.25) is 5.91 Å². The fourth-order valence-corrected chi connectivity index (χ4v) is 4.15. The van der Waals surface area contributed by atoms with Gasteiger partial charge in [-0.1, -0.05) is 23.7 Å². The fraction of sp³-hybridized carbons (Fsp3) is 0.211. The first-order valence-corrected chi connectivity index (χ1v) is 9.71. The Morgan fingerprint density at radius 2 is 2.08 bits per heavy atom. The predicted molar refractivity (Wildman–Crippen MR) is 107 cm³/mol. The topological polar surface area (TPSA) is 61.0 Å². The van der Waals surface area contributed by atoms with Gasteiger partial charge in [-0.15, -0.1) is 0 Å². The van der Waals surface area contributed by atoms with Gasteiger partial charge in [0.25, 0.3) is 0 Å². The number of fused-ring (bicyclic) bond motifs is 1. The molecule has 5 nitrogen and oxygen atoms in total. The lowest BCUT2D eigenvalue weighted by molar-refractivity contribution is -0.119. The molecule has 26 heavy (non-hydrogen) atoms. The normalized spacial score (nSPS) is 20.2. The molecule has 1 aliphatic heterocycles. The number of likely N-dealkylation sites (N-methyl/N-ethyl adjacent to an activating group) is 1. The Labute approximate surface area is 161 Å². The van der Waals surface area contributed by atoms with E-state index in [0.29, 0.717) is 5.02 Å². The molecule has 0 aliphatic carbocycles. The highest BCUT2D eigenvalue weighted by molar-refractivity contribution is 8.01. The molecule has 3 aromatic rings. The SMILES string of the molecule is CN(C(=O)[C@@H]1[CH]SCC(c2ccc(Cl)cc2)N1)c1ccc2[nH]ncc2c1. The smallest absolute Gasteiger partial charge is 0.245 e. The molecule has 0 saturated carbocycles. The van der Waals surface area contributed by atoms with Crippen molar-refractivity contribution in [2.24, 2.45) is 0 Å². The minimum Gasteiger partial charge on any atom is -0.314 e. The number of aromatic nitrogens is 2. The summed E-state index contributed by atoms with van der Waals surface area (Å²) in [5, 5.41) is 12.1. The molecular weight excluding hydrogens is 368 g/mol. The van der Waals surface area contributed by atoms with E-state index in [1.165, 1.54) is 0 Å². The molecule has 4 rings (SSSR count). The number of thioether (sulfide) groups is 1. The van der Waals surface area contributed by atoms with Gasteiger partial charge in [0, 0.05) is 40.7 Å². The van der Waals surface area contributed by atoms with Crippen molar-refractivity contribution in [3.05, 3.63) is 65.0 Å². The molecule has 1 unspecified atom stereocenters. The molecule has 1 saturated heterocycles. The third-order valence-corrected chi connectivity index (χ3v) is 5.80. The average Bonchev–Trinajstić information content (AvgIpc) is 3.15. The van der Waals surface area contributed by atoms with Crippen molar-refractivity contribution in [2.75, 3.05) is 17.7 Å². The van der Waals surface area contributed by atoms with Gasteiger partial charge >= 0.3 is 0 Å². The first-order valence-electron chi connectivity index (χ1n) is 8.29. The summed E-state index contributed by atoms with van der Waals surface area (Å²) >= 11 is 7.65. The Morgan fingerprint density at radius 1 is 1.27 bits per heavy atom. The second kappa shape index (κ2) is 7.31. The van der Waals surface area contributed by atoms with Crippen molar-refractivity contribution in [1.29, 1.82) is 0 Å². The minimum absolute atomic E-state index is 0.0130. The summed E-state index contributed by atoms with van der Waals surface area (Å²) in [5.74, 6) is 2.87. The molecule has 1 amide bonds. The maximum atomic E-state index is 13.0. The Kier molecular flexibility index (Phi) is 4.89. The van der Waals surface area contributed by atoms with E-state index >= 15 is 0 Å². The van der Waals surface area contributed by atoms with E-state index < -0.39 is 0 Å². The Bertz CT molecular complexity index is 927. The van der Waals surface area contributed by atoms with Crippen LogP contribution < -0.4 is 10.2 Å². The number of anilines is 1. The number of rotatable bonds is 3. The second-order valence-corrected chi connectivity index (χ2v) is 7.63. The van der Waals surface area contributed by atoms with Crippen molar-refractivity contribution < 1.29 is 4.79 Å². The zero-order valence-electron chi connectivity index (χ0n) is 14.1. The monoisotopic (exact) mass is 385 g/mol. The standard InChI is InChI=1S/C19H18ClN4OS/c1-24(15-6-7-16-13(8-15)9-21-23-16)19(25)18-11-26-10-17(22-18)12-2-4-14(20)5-3-12/h2-9,11,17-18,22H,10H2,1H3,(H,21,23)/t17?,18-/m0/s1. The molecule has 7 heteroatoms. The van der Waals surface area contributed by atoms with Crippen LogP contribution in [0.1, 0.15) is 11.6 Å². The lowest BCUT2D eigenvalue weighted by atomic mass is 10.1. The van der Waals surface area contributed by atoms with Crippen LogP contribution >= 0.6 is 23.4 Å². The molecule has 2 atom stereocenters. The highest BCUT2D eigenvalue weighted by atomic mass is 35.5. The summed E-state index contributed by atoms with van der Waals surface area (Å²) in [4.78, 5) is 14.7. The third kappa shape index (κ3) is 3.45. The molecule has 2 N–H and O–H groups in total. The van der Waals surface area contributed by atoms with Crippen LogP contribution in [-0.4, -0.2) is 34.9 Å². The summed E-state index contributed by atoms with van der Waals surface area (Å²) in [6.07, 6.45) is 1.76. The molecule has 133 valence electrons. The highest BCUT2D eigenvalue weighted by Gasteiger charge is 2.30. The number of aromatic amines is 1. The maximum absolute atomic E-state index is 13.0. The lowest BCUT2D eigenvalue weighted by Gasteiger charge is -2.32. The maximum Gasteiger partial charge on any atom is 0.245 e. The number of amides is 1. The van der Waals surface area contributed by atoms with E-state index in [-0.39, 0.29) is 18.0 Å². The van der Waals surface area contributed by atoms with Crippen LogP contribution in [0.5, 0.6) is 0 Å². The fourth-order valence-electron chi connectivity index (χ4n) is 3.04. The number of nitrogens with zero attached hydrogens (tertiary/aromatic N) is 2. The third-order valence-electron chi connectivity index (χ3n) is 4.56. The number of carbonyl (C=O) groups is 1. The van der Waals surface area contributed by atoms with Gasteiger partial charge in [-0.3, -0.25) is 15.2 Å². The van der Waals surface area contributed by atoms with Gasteiger partial charge < -0.3 is 4.90 Å². The van der Waals surface area contributed by atoms with Gasteiger partial charge in [-0.05, 0) is 35.9 Å². The van der Waals surface area contributed by atoms with Crippen molar-refractivity contribution in [3.63, 3.8) is 0 Å². The molecule has 1 radical (unpaired) electrons. The van der Waals surface area contributed by atoms with Crippen LogP contribution in [-0.2, 0) is 4.79 Å². The minimum atomic E-state index is -0.348. The lowest BCUT2D eigenvalue weighted by Crippen LogP contribution is -2.49. The van der Waals surface area contributed by atoms with Crippen LogP contribution in [0.25, 0.3) is 10.9 Å². The van der Waals surface area contributed by atoms with Gasteiger partial charge in [0.15, 0.2) is 0 Å². The molecule has 0 bridgehead atoms. The molecule has 2 heterocycles. The summed E-state index contributed by atoms with van der Waals surface area (Å²) in [6, 6.07) is 13.3. The second-order valence-electron chi connectivity index (χ2n) is 6.26. The number of H-pyrrole nitrogens is 1. The number of hydrogen-bond acceptors (Lipinski definition) is 4. The van der Waals surface area contributed by atoms with E-state index in [1.807, 2.05) is 48.2 Å². The number of hydrogen-bond donors (Lipinski definition) is 2. The van der Waals surface area contributed by atoms with E-state index in [1.54, 1.807) is 29.9 Å². The van der Waals surface area contributed by atoms with Crippen molar-refractivity contribution in [2.45, 2.75) is 12.1 Å². The van der Waals surface area contributed by atoms with Gasteiger partial charge in [-0.25, -0.2) is 0 Å².